The van der Waals surface area contributed by atoms with Crippen LogP contribution in [-0.2, 0) is 11.2 Å². The van der Waals surface area contributed by atoms with Gasteiger partial charge in [0.15, 0.2) is 0 Å². The van der Waals surface area contributed by atoms with E-state index in [1.807, 2.05) is 31.2 Å². The number of benzene rings is 1. The molecule has 0 fully saturated rings. The molecule has 0 saturated carbocycles. The van der Waals surface area contributed by atoms with E-state index in [1.54, 1.807) is 6.92 Å². The SMILES string of the molecule is CCOC(=O)c1sc(Cc2ccc(Br)cc2)nc1C. The summed E-state index contributed by atoms with van der Waals surface area (Å²) < 4.78 is 6.07. The lowest BCUT2D eigenvalue weighted by Crippen LogP contribution is -2.03. The summed E-state index contributed by atoms with van der Waals surface area (Å²) in [6.07, 6.45) is 0.734. The summed E-state index contributed by atoms with van der Waals surface area (Å²) in [5.74, 6) is -0.278. The van der Waals surface area contributed by atoms with Crippen LogP contribution in [0.15, 0.2) is 28.7 Å². The van der Waals surface area contributed by atoms with Crippen molar-refractivity contribution in [1.82, 2.24) is 4.98 Å². The average Bonchev–Trinajstić information content (AvgIpc) is 2.74. The number of halogens is 1. The smallest absolute Gasteiger partial charge is 0.350 e. The molecular weight excluding hydrogens is 326 g/mol. The maximum atomic E-state index is 11.7. The van der Waals surface area contributed by atoms with E-state index in [0.29, 0.717) is 11.5 Å². The molecule has 0 amide bonds. The standard InChI is InChI=1S/C14H14BrNO2S/c1-3-18-14(17)13-9(2)16-12(19-13)8-10-4-6-11(15)7-5-10/h4-7H,3,8H2,1-2H3. The van der Waals surface area contributed by atoms with Gasteiger partial charge in [0.25, 0.3) is 0 Å². The van der Waals surface area contributed by atoms with Crippen LogP contribution in [0.5, 0.6) is 0 Å². The number of esters is 1. The van der Waals surface area contributed by atoms with Crippen molar-refractivity contribution in [1.29, 1.82) is 0 Å². The molecule has 1 aromatic carbocycles. The highest BCUT2D eigenvalue weighted by atomic mass is 79.9. The van der Waals surface area contributed by atoms with Gasteiger partial charge in [0.2, 0.25) is 0 Å². The van der Waals surface area contributed by atoms with Crippen LogP contribution >= 0.6 is 27.3 Å². The Balaban J connectivity index is 2.16. The van der Waals surface area contributed by atoms with Gasteiger partial charge in [0.05, 0.1) is 17.3 Å². The zero-order valence-corrected chi connectivity index (χ0v) is 13.2. The van der Waals surface area contributed by atoms with Gasteiger partial charge in [-0.15, -0.1) is 11.3 Å². The van der Waals surface area contributed by atoms with Crippen molar-refractivity contribution in [3.63, 3.8) is 0 Å². The Bertz CT molecular complexity index is 578. The number of hydrogen-bond acceptors (Lipinski definition) is 4. The van der Waals surface area contributed by atoms with Crippen molar-refractivity contribution in [3.05, 3.63) is 49.9 Å². The van der Waals surface area contributed by atoms with Crippen molar-refractivity contribution in [2.24, 2.45) is 0 Å². The van der Waals surface area contributed by atoms with Crippen molar-refractivity contribution in [2.75, 3.05) is 6.61 Å². The molecule has 0 saturated heterocycles. The summed E-state index contributed by atoms with van der Waals surface area (Å²) in [5.41, 5.74) is 1.92. The van der Waals surface area contributed by atoms with Crippen molar-refractivity contribution in [2.45, 2.75) is 20.3 Å². The normalized spacial score (nSPS) is 10.5. The first-order valence-corrected chi connectivity index (χ1v) is 7.59. The molecule has 0 aliphatic rings. The van der Waals surface area contributed by atoms with Gasteiger partial charge in [-0.1, -0.05) is 28.1 Å². The molecule has 0 spiro atoms. The molecule has 0 aliphatic heterocycles. The molecule has 0 atom stereocenters. The number of hydrogen-bond donors (Lipinski definition) is 0. The Labute approximate surface area is 124 Å². The largest absolute Gasteiger partial charge is 0.462 e. The van der Waals surface area contributed by atoms with Crippen LogP contribution in [0.4, 0.5) is 0 Å². The number of carbonyl (C=O) groups excluding carboxylic acids is 1. The number of ether oxygens (including phenoxy) is 1. The van der Waals surface area contributed by atoms with E-state index in [1.165, 1.54) is 16.9 Å². The van der Waals surface area contributed by atoms with Crippen molar-refractivity contribution >= 4 is 33.2 Å². The molecule has 19 heavy (non-hydrogen) atoms. The van der Waals surface area contributed by atoms with E-state index in [9.17, 15) is 4.79 Å². The lowest BCUT2D eigenvalue weighted by atomic mass is 10.2. The molecule has 100 valence electrons. The second-order valence-corrected chi connectivity index (χ2v) is 6.05. The molecule has 1 heterocycles. The van der Waals surface area contributed by atoms with Gasteiger partial charge in [-0.05, 0) is 31.5 Å². The third-order valence-corrected chi connectivity index (χ3v) is 4.24. The third-order valence-electron chi connectivity index (χ3n) is 2.57. The van der Waals surface area contributed by atoms with E-state index in [0.717, 1.165) is 21.6 Å². The summed E-state index contributed by atoms with van der Waals surface area (Å²) in [5, 5.41) is 0.933. The second-order valence-electron chi connectivity index (χ2n) is 4.05. The monoisotopic (exact) mass is 339 g/mol. The Morgan fingerprint density at radius 1 is 1.37 bits per heavy atom. The summed E-state index contributed by atoms with van der Waals surface area (Å²) >= 11 is 4.82. The first-order valence-electron chi connectivity index (χ1n) is 5.98. The third kappa shape index (κ3) is 3.64. The highest BCUT2D eigenvalue weighted by Gasteiger charge is 2.16. The minimum Gasteiger partial charge on any atom is -0.462 e. The fourth-order valence-corrected chi connectivity index (χ4v) is 2.95. The number of rotatable bonds is 4. The van der Waals surface area contributed by atoms with E-state index in [-0.39, 0.29) is 5.97 Å². The number of nitrogens with zero attached hydrogens (tertiary/aromatic N) is 1. The van der Waals surface area contributed by atoms with Crippen LogP contribution in [0.1, 0.15) is 32.9 Å². The van der Waals surface area contributed by atoms with Gasteiger partial charge in [-0.2, -0.15) is 0 Å². The lowest BCUT2D eigenvalue weighted by Gasteiger charge is -1.98. The second kappa shape index (κ2) is 6.30. The average molecular weight is 340 g/mol. The Hall–Kier alpha value is -1.20. The first-order chi connectivity index (χ1) is 9.10. The van der Waals surface area contributed by atoms with Gasteiger partial charge in [-0.3, -0.25) is 0 Å². The van der Waals surface area contributed by atoms with Crippen LogP contribution in [0, 0.1) is 6.92 Å². The maximum Gasteiger partial charge on any atom is 0.350 e. The zero-order valence-electron chi connectivity index (χ0n) is 10.8. The first kappa shape index (κ1) is 14.2. The predicted molar refractivity (Wildman–Crippen MR) is 79.8 cm³/mol. The van der Waals surface area contributed by atoms with Gasteiger partial charge in [0, 0.05) is 10.9 Å². The molecule has 2 aromatic rings. The molecular formula is C14H14BrNO2S. The number of aryl methyl sites for hydroxylation is 1. The lowest BCUT2D eigenvalue weighted by molar-refractivity contribution is 0.0531. The molecule has 1 aromatic heterocycles. The Kier molecular flexibility index (Phi) is 4.71. The van der Waals surface area contributed by atoms with Crippen LogP contribution < -0.4 is 0 Å². The van der Waals surface area contributed by atoms with Gasteiger partial charge in [-0.25, -0.2) is 9.78 Å². The minimum atomic E-state index is -0.278. The van der Waals surface area contributed by atoms with Gasteiger partial charge < -0.3 is 4.74 Å². The molecule has 0 bridgehead atoms. The predicted octanol–water partition coefficient (Wildman–Crippen LogP) is 3.98. The summed E-state index contributed by atoms with van der Waals surface area (Å²) in [6.45, 7) is 4.03. The van der Waals surface area contributed by atoms with Crippen molar-refractivity contribution < 1.29 is 9.53 Å². The maximum absolute atomic E-state index is 11.7. The topological polar surface area (TPSA) is 39.2 Å². The molecule has 0 radical (unpaired) electrons. The fourth-order valence-electron chi connectivity index (χ4n) is 1.69. The number of carbonyl (C=O) groups is 1. The van der Waals surface area contributed by atoms with Gasteiger partial charge in [0.1, 0.15) is 4.88 Å². The Morgan fingerprint density at radius 2 is 2.05 bits per heavy atom. The van der Waals surface area contributed by atoms with Crippen LogP contribution in [-0.4, -0.2) is 17.6 Å². The van der Waals surface area contributed by atoms with Gasteiger partial charge >= 0.3 is 5.97 Å². The quantitative estimate of drug-likeness (QED) is 0.791. The van der Waals surface area contributed by atoms with Crippen LogP contribution in [0.25, 0.3) is 0 Å². The van der Waals surface area contributed by atoms with Crippen molar-refractivity contribution in [3.8, 4) is 0 Å². The number of thiazole rings is 1. The molecule has 5 heteroatoms. The van der Waals surface area contributed by atoms with Crippen LogP contribution in [0.2, 0.25) is 0 Å². The molecule has 0 N–H and O–H groups in total. The number of aromatic nitrogens is 1. The summed E-state index contributed by atoms with van der Waals surface area (Å²) in [7, 11) is 0. The van der Waals surface area contributed by atoms with E-state index < -0.39 is 0 Å². The minimum absolute atomic E-state index is 0.278. The summed E-state index contributed by atoms with van der Waals surface area (Å²) in [6, 6.07) is 8.10. The highest BCUT2D eigenvalue weighted by molar-refractivity contribution is 9.10. The molecule has 0 aliphatic carbocycles. The highest BCUT2D eigenvalue weighted by Crippen LogP contribution is 2.22. The van der Waals surface area contributed by atoms with E-state index >= 15 is 0 Å². The van der Waals surface area contributed by atoms with E-state index in [4.69, 9.17) is 4.74 Å². The molecule has 3 nitrogen and oxygen atoms in total. The molecule has 2 rings (SSSR count). The Morgan fingerprint density at radius 3 is 2.68 bits per heavy atom. The fraction of sp³-hybridized carbons (Fsp3) is 0.286. The van der Waals surface area contributed by atoms with Crippen LogP contribution in [0.3, 0.4) is 0 Å². The summed E-state index contributed by atoms with van der Waals surface area (Å²) in [4.78, 5) is 16.8. The molecule has 0 unspecified atom stereocenters. The zero-order chi connectivity index (χ0) is 13.8. The van der Waals surface area contributed by atoms with E-state index in [2.05, 4.69) is 20.9 Å².